The van der Waals surface area contributed by atoms with Crippen LogP contribution in [-0.4, -0.2) is 54.8 Å². The van der Waals surface area contributed by atoms with Crippen LogP contribution in [-0.2, 0) is 28.6 Å². The smallest absolute Gasteiger partial charge is 0.338 e. The molecule has 0 saturated carbocycles. The Bertz CT molecular complexity index is 429. The maximum Gasteiger partial charge on any atom is 0.338 e. The maximum atomic E-state index is 11.6. The van der Waals surface area contributed by atoms with Gasteiger partial charge >= 0.3 is 17.9 Å². The molecule has 0 aromatic rings. The summed E-state index contributed by atoms with van der Waals surface area (Å²) < 4.78 is 13.6. The van der Waals surface area contributed by atoms with Crippen molar-refractivity contribution in [2.45, 2.75) is 16.9 Å². The van der Waals surface area contributed by atoms with Gasteiger partial charge in [0.2, 0.25) is 0 Å². The highest BCUT2D eigenvalue weighted by Gasteiger charge is 2.44. The third-order valence-corrected chi connectivity index (χ3v) is 3.96. The molecule has 0 saturated heterocycles. The van der Waals surface area contributed by atoms with Crippen molar-refractivity contribution >= 4 is 29.7 Å². The molecule has 1 heterocycles. The Hall–Kier alpha value is -1.70. The van der Waals surface area contributed by atoms with Crippen molar-refractivity contribution in [2.24, 2.45) is 0 Å². The van der Waals surface area contributed by atoms with Gasteiger partial charge in [0.1, 0.15) is 11.0 Å². The Morgan fingerprint density at radius 2 is 1.79 bits per heavy atom. The Labute approximate surface area is 113 Å². The molecule has 1 aliphatic heterocycles. The van der Waals surface area contributed by atoms with Crippen molar-refractivity contribution in [3.8, 4) is 0 Å². The Morgan fingerprint density at radius 1 is 1.16 bits per heavy atom. The second-order valence-electron chi connectivity index (χ2n) is 3.60. The van der Waals surface area contributed by atoms with E-state index in [-0.39, 0.29) is 17.8 Å². The lowest BCUT2D eigenvalue weighted by molar-refractivity contribution is -0.142. The predicted octanol–water partition coefficient (Wildman–Crippen LogP) is 0.192. The second kappa shape index (κ2) is 6.46. The normalized spacial score (nSPS) is 22.1. The molecule has 0 bridgehead atoms. The minimum Gasteiger partial charge on any atom is -0.510 e. The topological polar surface area (TPSA) is 99.1 Å². The molecule has 0 radical (unpaired) electrons. The largest absolute Gasteiger partial charge is 0.510 e. The molecule has 8 heteroatoms. The van der Waals surface area contributed by atoms with Gasteiger partial charge in [-0.2, -0.15) is 0 Å². The average Bonchev–Trinajstić information content (AvgIpc) is 2.74. The zero-order valence-electron chi connectivity index (χ0n) is 10.7. The van der Waals surface area contributed by atoms with Gasteiger partial charge in [-0.1, -0.05) is 0 Å². The van der Waals surface area contributed by atoms with E-state index in [0.29, 0.717) is 0 Å². The van der Waals surface area contributed by atoms with Gasteiger partial charge in [0.05, 0.1) is 38.6 Å². The van der Waals surface area contributed by atoms with Gasteiger partial charge in [-0.15, -0.1) is 11.8 Å². The monoisotopic (exact) mass is 290 g/mol. The number of hydrogen-bond donors (Lipinski definition) is 1. The van der Waals surface area contributed by atoms with E-state index in [1.165, 1.54) is 14.2 Å². The summed E-state index contributed by atoms with van der Waals surface area (Å²) in [6.07, 6.45) is -0.152. The summed E-state index contributed by atoms with van der Waals surface area (Å²) >= 11 is 0.947. The van der Waals surface area contributed by atoms with E-state index in [4.69, 9.17) is 0 Å². The summed E-state index contributed by atoms with van der Waals surface area (Å²) in [5.74, 6) is -2.42. The number of aliphatic hydroxyl groups excluding tert-OH is 1. The van der Waals surface area contributed by atoms with Gasteiger partial charge in [-0.3, -0.25) is 9.59 Å². The average molecular weight is 290 g/mol. The molecule has 0 aliphatic carbocycles. The highest BCUT2D eigenvalue weighted by molar-refractivity contribution is 8.02. The number of carbonyl (C=O) groups is 3. The minimum atomic E-state index is -1.01. The van der Waals surface area contributed by atoms with Crippen molar-refractivity contribution in [3.63, 3.8) is 0 Å². The van der Waals surface area contributed by atoms with Crippen molar-refractivity contribution in [1.29, 1.82) is 0 Å². The molecule has 19 heavy (non-hydrogen) atoms. The van der Waals surface area contributed by atoms with Crippen LogP contribution in [0.2, 0.25) is 0 Å². The number of aliphatic hydroxyl groups is 1. The summed E-state index contributed by atoms with van der Waals surface area (Å²) in [6, 6.07) is 0. The molecule has 7 nitrogen and oxygen atoms in total. The molecule has 1 N–H and O–H groups in total. The molecule has 1 aliphatic rings. The van der Waals surface area contributed by atoms with Gasteiger partial charge < -0.3 is 19.3 Å². The van der Waals surface area contributed by atoms with Crippen LogP contribution in [0.5, 0.6) is 0 Å². The first-order valence-corrected chi connectivity index (χ1v) is 6.22. The maximum absolute atomic E-state index is 11.6. The lowest BCUT2D eigenvalue weighted by atomic mass is 10.1. The van der Waals surface area contributed by atoms with E-state index < -0.39 is 28.4 Å². The molecule has 106 valence electrons. The lowest BCUT2D eigenvalue weighted by Crippen LogP contribution is -2.24. The highest BCUT2D eigenvalue weighted by atomic mass is 32.2. The first-order valence-electron chi connectivity index (χ1n) is 5.27. The lowest BCUT2D eigenvalue weighted by Gasteiger charge is -2.10. The van der Waals surface area contributed by atoms with Gasteiger partial charge in [-0.25, -0.2) is 4.79 Å². The van der Waals surface area contributed by atoms with Gasteiger partial charge in [0.15, 0.2) is 0 Å². The number of ether oxygens (including phenoxy) is 3. The fraction of sp³-hybridized carbons (Fsp3) is 0.545. The fourth-order valence-electron chi connectivity index (χ4n) is 1.59. The summed E-state index contributed by atoms with van der Waals surface area (Å²) in [5, 5.41) is 8.21. The van der Waals surface area contributed by atoms with E-state index in [1.807, 2.05) is 0 Å². The number of thioether (sulfide) groups is 1. The van der Waals surface area contributed by atoms with Crippen molar-refractivity contribution in [2.75, 3.05) is 21.3 Å². The highest BCUT2D eigenvalue weighted by Crippen LogP contribution is 2.40. The third kappa shape index (κ3) is 3.19. The molecule has 0 spiro atoms. The molecule has 2 atom stereocenters. The Balaban J connectivity index is 3.02. The van der Waals surface area contributed by atoms with Crippen molar-refractivity contribution < 1.29 is 33.7 Å². The molecule has 0 aromatic carbocycles. The first-order chi connectivity index (χ1) is 8.96. The molecular weight excluding hydrogens is 276 g/mol. The van der Waals surface area contributed by atoms with Crippen LogP contribution in [0.15, 0.2) is 11.3 Å². The minimum absolute atomic E-state index is 0.152. The quantitative estimate of drug-likeness (QED) is 0.578. The summed E-state index contributed by atoms with van der Waals surface area (Å²) in [7, 11) is 3.51. The van der Waals surface area contributed by atoms with Crippen LogP contribution in [0.3, 0.4) is 0 Å². The van der Waals surface area contributed by atoms with E-state index >= 15 is 0 Å². The summed E-state index contributed by atoms with van der Waals surface area (Å²) in [6.45, 7) is 0. The van der Waals surface area contributed by atoms with Gasteiger partial charge in [-0.05, 0) is 0 Å². The predicted molar refractivity (Wildman–Crippen MR) is 65.5 cm³/mol. The van der Waals surface area contributed by atoms with Gasteiger partial charge in [0, 0.05) is 0 Å². The Morgan fingerprint density at radius 3 is 2.26 bits per heavy atom. The van der Waals surface area contributed by atoms with Crippen LogP contribution in [0.25, 0.3) is 0 Å². The van der Waals surface area contributed by atoms with E-state index in [0.717, 1.165) is 18.9 Å². The fourth-order valence-corrected chi connectivity index (χ4v) is 2.96. The molecule has 2 unspecified atom stereocenters. The second-order valence-corrected chi connectivity index (χ2v) is 4.91. The molecule has 0 amide bonds. The first kappa shape index (κ1) is 15.4. The molecular formula is C11H14O7S. The van der Waals surface area contributed by atoms with Crippen LogP contribution in [0.1, 0.15) is 6.42 Å². The van der Waals surface area contributed by atoms with Crippen LogP contribution >= 0.6 is 11.8 Å². The summed E-state index contributed by atoms with van der Waals surface area (Å²) in [5.41, 5.74) is -0.187. The van der Waals surface area contributed by atoms with Crippen molar-refractivity contribution in [1.82, 2.24) is 0 Å². The van der Waals surface area contributed by atoms with E-state index in [9.17, 15) is 19.5 Å². The number of esters is 3. The molecule has 0 aromatic heterocycles. The van der Waals surface area contributed by atoms with Crippen molar-refractivity contribution in [3.05, 3.63) is 11.3 Å². The van der Waals surface area contributed by atoms with E-state index in [1.54, 1.807) is 0 Å². The van der Waals surface area contributed by atoms with Crippen LogP contribution in [0.4, 0.5) is 0 Å². The zero-order valence-corrected chi connectivity index (χ0v) is 11.5. The van der Waals surface area contributed by atoms with Gasteiger partial charge in [0.25, 0.3) is 0 Å². The molecule has 1 rings (SSSR count). The van der Waals surface area contributed by atoms with Crippen LogP contribution in [0, 0.1) is 0 Å². The number of carbonyl (C=O) groups excluding carboxylic acids is 3. The third-order valence-electron chi connectivity index (χ3n) is 2.54. The SMILES string of the molecule is COC(=O)CC1SC(C(=O)OC)C(C(=O)OC)=C1O. The zero-order chi connectivity index (χ0) is 14.6. The Kier molecular flexibility index (Phi) is 5.22. The molecule has 0 fully saturated rings. The summed E-state index contributed by atoms with van der Waals surface area (Å²) in [4.78, 5) is 34.4. The van der Waals surface area contributed by atoms with E-state index in [2.05, 4.69) is 14.2 Å². The number of rotatable bonds is 4. The van der Waals surface area contributed by atoms with Crippen LogP contribution < -0.4 is 0 Å². The standard InChI is InChI=1S/C11H14O7S/c1-16-6(12)4-5-8(13)7(10(14)17-2)9(19-5)11(15)18-3/h5,9,13H,4H2,1-3H3. The number of methoxy groups -OCH3 is 3. The number of hydrogen-bond acceptors (Lipinski definition) is 8.